The summed E-state index contributed by atoms with van der Waals surface area (Å²) in [5, 5.41) is 11.4. The van der Waals surface area contributed by atoms with E-state index < -0.39 is 18.1 Å². The van der Waals surface area contributed by atoms with Gasteiger partial charge in [0, 0.05) is 23.2 Å². The molecule has 5 nitrogen and oxygen atoms in total. The number of rotatable bonds is 10. The molecular weight excluding hydrogens is 467 g/mol. The van der Waals surface area contributed by atoms with E-state index in [0.717, 1.165) is 48.3 Å². The molecule has 0 saturated carbocycles. The van der Waals surface area contributed by atoms with Crippen LogP contribution in [0.1, 0.15) is 43.0 Å². The number of ether oxygens (including phenoxy) is 1. The summed E-state index contributed by atoms with van der Waals surface area (Å²) in [5.74, 6) is -0.623. The van der Waals surface area contributed by atoms with Crippen LogP contribution in [0.3, 0.4) is 0 Å². The highest BCUT2D eigenvalue weighted by Gasteiger charge is 2.34. The number of carboxylic acids is 1. The van der Waals surface area contributed by atoms with Crippen molar-refractivity contribution >= 4 is 28.5 Å². The van der Waals surface area contributed by atoms with Crippen molar-refractivity contribution in [2.75, 3.05) is 26.7 Å². The Balaban J connectivity index is 1.32. The van der Waals surface area contributed by atoms with Crippen molar-refractivity contribution in [3.63, 3.8) is 0 Å². The van der Waals surface area contributed by atoms with Gasteiger partial charge in [0.05, 0.1) is 18.5 Å². The fourth-order valence-corrected chi connectivity index (χ4v) is 5.24. The van der Waals surface area contributed by atoms with Crippen LogP contribution in [0.2, 0.25) is 5.02 Å². The zero-order valence-corrected chi connectivity index (χ0v) is 20.8. The van der Waals surface area contributed by atoms with Gasteiger partial charge in [0.1, 0.15) is 11.9 Å². The number of halogens is 2. The molecule has 0 unspecified atom stereocenters. The summed E-state index contributed by atoms with van der Waals surface area (Å²) in [6, 6.07) is 15.0. The maximum Gasteiger partial charge on any atom is 0.308 e. The summed E-state index contributed by atoms with van der Waals surface area (Å²) >= 11 is 5.95. The molecule has 2 aromatic carbocycles. The first-order chi connectivity index (χ1) is 16.9. The molecule has 0 amide bonds. The summed E-state index contributed by atoms with van der Waals surface area (Å²) < 4.78 is 20.7. The summed E-state index contributed by atoms with van der Waals surface area (Å²) in [4.78, 5) is 18.6. The lowest BCUT2D eigenvalue weighted by Crippen LogP contribution is -2.44. The Kier molecular flexibility index (Phi) is 8.58. The maximum atomic E-state index is 15.4. The fourth-order valence-electron chi connectivity index (χ4n) is 5.12. The molecule has 1 aliphatic heterocycles. The molecule has 0 radical (unpaired) electrons. The normalized spacial score (nSPS) is 19.5. The van der Waals surface area contributed by atoms with Crippen molar-refractivity contribution in [1.29, 1.82) is 0 Å². The molecule has 1 aliphatic rings. The van der Waals surface area contributed by atoms with Gasteiger partial charge in [-0.05, 0) is 98.6 Å². The lowest BCUT2D eigenvalue weighted by Gasteiger charge is -2.37. The van der Waals surface area contributed by atoms with E-state index in [-0.39, 0.29) is 5.92 Å². The van der Waals surface area contributed by atoms with Crippen molar-refractivity contribution in [3.05, 3.63) is 70.9 Å². The molecule has 7 heteroatoms. The SMILES string of the molecule is COc1ccc2nccc([C@H](F)CC[C@@H]3CCN(CCCc4ccc(Cl)cc4)C[C@@H]3C(=O)O)c2c1. The van der Waals surface area contributed by atoms with Crippen LogP contribution in [0.5, 0.6) is 5.75 Å². The molecular formula is C28H32ClFN2O3. The van der Waals surface area contributed by atoms with E-state index in [1.54, 1.807) is 19.4 Å². The van der Waals surface area contributed by atoms with Crippen LogP contribution >= 0.6 is 11.6 Å². The first-order valence-electron chi connectivity index (χ1n) is 12.2. The summed E-state index contributed by atoms with van der Waals surface area (Å²) in [7, 11) is 1.58. The van der Waals surface area contributed by atoms with Gasteiger partial charge in [-0.15, -0.1) is 0 Å². The molecule has 35 heavy (non-hydrogen) atoms. The third-order valence-corrected chi connectivity index (χ3v) is 7.37. The Morgan fingerprint density at radius 1 is 1.26 bits per heavy atom. The van der Waals surface area contributed by atoms with Crippen molar-refractivity contribution in [2.24, 2.45) is 11.8 Å². The molecule has 1 aromatic heterocycles. The number of aryl methyl sites for hydroxylation is 1. The quantitative estimate of drug-likeness (QED) is 0.353. The molecule has 3 aromatic rings. The number of nitrogens with zero attached hydrogens (tertiary/aromatic N) is 2. The van der Waals surface area contributed by atoms with E-state index in [9.17, 15) is 9.90 Å². The van der Waals surface area contributed by atoms with E-state index in [2.05, 4.69) is 9.88 Å². The van der Waals surface area contributed by atoms with Gasteiger partial charge >= 0.3 is 5.97 Å². The molecule has 0 aliphatic carbocycles. The second-order valence-corrected chi connectivity index (χ2v) is 9.79. The van der Waals surface area contributed by atoms with Crippen LogP contribution in [-0.4, -0.2) is 47.7 Å². The second-order valence-electron chi connectivity index (χ2n) is 9.35. The topological polar surface area (TPSA) is 62.7 Å². The standard InChI is InChI=1S/C28H32ClFN2O3/c1-35-22-9-11-27-24(17-22)23(12-14-31-27)26(30)10-6-20-13-16-32(18-25(20)28(33)34)15-2-3-19-4-7-21(29)8-5-19/h4-5,7-9,11-12,14,17,20,25-26H,2-3,6,10,13,15-16,18H2,1H3,(H,33,34)/t20-,25+,26-/m1/s1. The third-order valence-electron chi connectivity index (χ3n) is 7.12. The number of carbonyl (C=O) groups is 1. The van der Waals surface area contributed by atoms with E-state index >= 15 is 4.39 Å². The average Bonchev–Trinajstić information content (AvgIpc) is 2.88. The molecule has 3 atom stereocenters. The zero-order valence-electron chi connectivity index (χ0n) is 20.0. The van der Waals surface area contributed by atoms with E-state index in [1.807, 2.05) is 42.5 Å². The largest absolute Gasteiger partial charge is 0.497 e. The zero-order chi connectivity index (χ0) is 24.8. The van der Waals surface area contributed by atoms with Gasteiger partial charge in [-0.25, -0.2) is 4.39 Å². The number of methoxy groups -OCH3 is 1. The molecule has 2 heterocycles. The summed E-state index contributed by atoms with van der Waals surface area (Å²) in [6.45, 7) is 2.23. The van der Waals surface area contributed by atoms with Crippen LogP contribution < -0.4 is 4.74 Å². The van der Waals surface area contributed by atoms with E-state index in [1.165, 1.54) is 5.56 Å². The fraction of sp³-hybridized carbons (Fsp3) is 0.429. The monoisotopic (exact) mass is 498 g/mol. The van der Waals surface area contributed by atoms with Crippen LogP contribution in [-0.2, 0) is 11.2 Å². The number of alkyl halides is 1. The van der Waals surface area contributed by atoms with Crippen LogP contribution in [0, 0.1) is 11.8 Å². The highest BCUT2D eigenvalue weighted by atomic mass is 35.5. The first kappa shape index (κ1) is 25.4. The number of hydrogen-bond donors (Lipinski definition) is 1. The van der Waals surface area contributed by atoms with Crippen molar-refractivity contribution in [1.82, 2.24) is 9.88 Å². The van der Waals surface area contributed by atoms with Crippen molar-refractivity contribution in [3.8, 4) is 5.75 Å². The van der Waals surface area contributed by atoms with Crippen molar-refractivity contribution in [2.45, 2.75) is 38.3 Å². The van der Waals surface area contributed by atoms with E-state index in [4.69, 9.17) is 16.3 Å². The average molecular weight is 499 g/mol. The number of pyridine rings is 1. The number of piperidine rings is 1. The minimum Gasteiger partial charge on any atom is -0.497 e. The maximum absolute atomic E-state index is 15.4. The minimum atomic E-state index is -1.18. The number of likely N-dealkylation sites (tertiary alicyclic amines) is 1. The molecule has 0 bridgehead atoms. The molecule has 186 valence electrons. The predicted molar refractivity (Wildman–Crippen MR) is 137 cm³/mol. The van der Waals surface area contributed by atoms with Crippen LogP contribution in [0.4, 0.5) is 4.39 Å². The lowest BCUT2D eigenvalue weighted by atomic mass is 9.81. The Morgan fingerprint density at radius 3 is 2.80 bits per heavy atom. The van der Waals surface area contributed by atoms with Gasteiger partial charge in [0.25, 0.3) is 0 Å². The molecule has 1 N–H and O–H groups in total. The predicted octanol–water partition coefficient (Wildman–Crippen LogP) is 6.34. The summed E-state index contributed by atoms with van der Waals surface area (Å²) in [5.41, 5.74) is 2.54. The van der Waals surface area contributed by atoms with Gasteiger partial charge in [-0.2, -0.15) is 0 Å². The second kappa shape index (κ2) is 11.8. The lowest BCUT2D eigenvalue weighted by molar-refractivity contribution is -0.146. The number of aromatic nitrogens is 1. The highest BCUT2D eigenvalue weighted by molar-refractivity contribution is 6.30. The van der Waals surface area contributed by atoms with Gasteiger partial charge in [0.15, 0.2) is 0 Å². The highest BCUT2D eigenvalue weighted by Crippen LogP contribution is 2.35. The number of benzene rings is 2. The third kappa shape index (κ3) is 6.50. The molecule has 1 fully saturated rings. The summed E-state index contributed by atoms with van der Waals surface area (Å²) in [6.07, 6.45) is 3.95. The smallest absolute Gasteiger partial charge is 0.308 e. The van der Waals surface area contributed by atoms with Gasteiger partial charge in [0.2, 0.25) is 0 Å². The Morgan fingerprint density at radius 2 is 2.06 bits per heavy atom. The first-order valence-corrected chi connectivity index (χ1v) is 12.6. The molecule has 4 rings (SSSR count). The number of aliphatic carboxylic acids is 1. The van der Waals surface area contributed by atoms with E-state index in [0.29, 0.717) is 30.7 Å². The van der Waals surface area contributed by atoms with Crippen molar-refractivity contribution < 1.29 is 19.0 Å². The molecule has 0 spiro atoms. The number of hydrogen-bond acceptors (Lipinski definition) is 4. The number of fused-ring (bicyclic) bond motifs is 1. The minimum absolute atomic E-state index is 0.0269. The Labute approximate surface area is 210 Å². The Hall–Kier alpha value is -2.70. The van der Waals surface area contributed by atoms with Crippen LogP contribution in [0.25, 0.3) is 10.9 Å². The number of carboxylic acid groups (broad SMARTS) is 1. The Bertz CT molecular complexity index is 1140. The van der Waals surface area contributed by atoms with Crippen LogP contribution in [0.15, 0.2) is 54.7 Å². The molecule has 1 saturated heterocycles. The van der Waals surface area contributed by atoms with Gasteiger partial charge < -0.3 is 14.7 Å². The van der Waals surface area contributed by atoms with Gasteiger partial charge in [-0.3, -0.25) is 9.78 Å². The van der Waals surface area contributed by atoms with Gasteiger partial charge in [-0.1, -0.05) is 23.7 Å².